The van der Waals surface area contributed by atoms with E-state index in [1.807, 2.05) is 48.5 Å². The molecule has 30 heavy (non-hydrogen) atoms. The lowest BCUT2D eigenvalue weighted by atomic mass is 9.98. The Bertz CT molecular complexity index is 691. The molecule has 7 heteroatoms. The number of ether oxygens (including phenoxy) is 2. The fraction of sp³-hybridized carbons (Fsp3) is 0.435. The molecular formula is C23H28Br2O3S2. The first kappa shape index (κ1) is 25.9. The molecule has 3 nitrogen and oxygen atoms in total. The van der Waals surface area contributed by atoms with Crippen molar-refractivity contribution >= 4 is 62.9 Å². The van der Waals surface area contributed by atoms with E-state index in [0.717, 1.165) is 36.8 Å². The number of rotatable bonds is 14. The zero-order chi connectivity index (χ0) is 21.8. The smallest absolute Gasteiger partial charge is 0.193 e. The first-order valence-electron chi connectivity index (χ1n) is 9.96. The third-order valence-electron chi connectivity index (χ3n) is 4.74. The fourth-order valence-corrected chi connectivity index (χ4v) is 4.56. The fourth-order valence-electron chi connectivity index (χ4n) is 3.04. The zero-order valence-corrected chi connectivity index (χ0v) is 21.8. The molecule has 0 radical (unpaired) electrons. The number of carbonyl (C=O) groups excluding carboxylic acids is 1. The van der Waals surface area contributed by atoms with Crippen LogP contribution in [0.3, 0.4) is 0 Å². The van der Waals surface area contributed by atoms with Crippen molar-refractivity contribution < 1.29 is 14.3 Å². The van der Waals surface area contributed by atoms with Crippen molar-refractivity contribution in [1.82, 2.24) is 0 Å². The first-order chi connectivity index (χ1) is 14.6. The molecule has 0 aliphatic rings. The SMILES string of the molecule is O=C(c1ccc(C(Br)CCCOCS)cc1)c1ccc(C(Br)CCCOCS)cc1. The van der Waals surface area contributed by atoms with Crippen LogP contribution in [-0.4, -0.2) is 30.9 Å². The minimum Gasteiger partial charge on any atom is -0.371 e. The molecule has 2 rings (SSSR count). The average Bonchev–Trinajstić information content (AvgIpc) is 2.79. The van der Waals surface area contributed by atoms with Crippen LogP contribution in [0.2, 0.25) is 0 Å². The van der Waals surface area contributed by atoms with Crippen molar-refractivity contribution in [3.8, 4) is 0 Å². The van der Waals surface area contributed by atoms with Crippen molar-refractivity contribution in [1.29, 1.82) is 0 Å². The van der Waals surface area contributed by atoms with E-state index < -0.39 is 0 Å². The molecule has 164 valence electrons. The van der Waals surface area contributed by atoms with E-state index in [1.165, 1.54) is 0 Å². The van der Waals surface area contributed by atoms with Gasteiger partial charge < -0.3 is 9.47 Å². The molecule has 0 N–H and O–H groups in total. The van der Waals surface area contributed by atoms with Crippen molar-refractivity contribution in [2.45, 2.75) is 35.3 Å². The largest absolute Gasteiger partial charge is 0.371 e. The van der Waals surface area contributed by atoms with Gasteiger partial charge in [-0.05, 0) is 36.8 Å². The summed E-state index contributed by atoms with van der Waals surface area (Å²) in [5.74, 6) is 0.938. The van der Waals surface area contributed by atoms with Crippen LogP contribution in [0.25, 0.3) is 0 Å². The predicted molar refractivity (Wildman–Crippen MR) is 138 cm³/mol. The molecule has 0 saturated heterocycles. The van der Waals surface area contributed by atoms with Gasteiger partial charge in [0.15, 0.2) is 5.78 Å². The molecule has 2 unspecified atom stereocenters. The Morgan fingerprint density at radius 3 is 1.43 bits per heavy atom. The van der Waals surface area contributed by atoms with Gasteiger partial charge in [-0.1, -0.05) is 80.4 Å². The molecular weight excluding hydrogens is 548 g/mol. The lowest BCUT2D eigenvalue weighted by Gasteiger charge is -2.12. The third kappa shape index (κ3) is 8.67. The topological polar surface area (TPSA) is 35.5 Å². The highest BCUT2D eigenvalue weighted by Crippen LogP contribution is 2.30. The highest BCUT2D eigenvalue weighted by molar-refractivity contribution is 9.09. The summed E-state index contributed by atoms with van der Waals surface area (Å²) in [6.45, 7) is 1.41. The number of hydrogen-bond acceptors (Lipinski definition) is 5. The Kier molecular flexibility index (Phi) is 12.7. The predicted octanol–water partition coefficient (Wildman–Crippen LogP) is 7.16. The summed E-state index contributed by atoms with van der Waals surface area (Å²) in [4.78, 5) is 13.3. The average molecular weight is 576 g/mol. The van der Waals surface area contributed by atoms with Gasteiger partial charge in [-0.25, -0.2) is 0 Å². The van der Waals surface area contributed by atoms with Crippen molar-refractivity contribution in [3.63, 3.8) is 0 Å². The molecule has 0 saturated carbocycles. The lowest BCUT2D eigenvalue weighted by molar-refractivity contribution is 0.103. The van der Waals surface area contributed by atoms with Gasteiger partial charge in [0.2, 0.25) is 0 Å². The maximum atomic E-state index is 12.8. The van der Waals surface area contributed by atoms with Crippen LogP contribution >= 0.6 is 57.1 Å². The third-order valence-corrected chi connectivity index (χ3v) is 7.08. The van der Waals surface area contributed by atoms with Gasteiger partial charge in [0.05, 0.1) is 11.9 Å². The van der Waals surface area contributed by atoms with Crippen LogP contribution in [0, 0.1) is 0 Å². The molecule has 0 aliphatic carbocycles. The van der Waals surface area contributed by atoms with E-state index in [0.29, 0.717) is 36.2 Å². The second kappa shape index (κ2) is 14.7. The number of ketones is 1. The minimum atomic E-state index is 0.0368. The van der Waals surface area contributed by atoms with E-state index in [4.69, 9.17) is 9.47 Å². The normalized spacial score (nSPS) is 13.2. The number of hydrogen-bond donors (Lipinski definition) is 2. The van der Waals surface area contributed by atoms with Crippen LogP contribution in [0.15, 0.2) is 48.5 Å². The maximum absolute atomic E-state index is 12.8. The van der Waals surface area contributed by atoms with E-state index in [2.05, 4.69) is 57.1 Å². The standard InChI is InChI=1S/C23H28Br2O3S2/c24-21(3-1-13-27-15-29)17-5-9-19(10-6-17)23(26)20-11-7-18(8-12-20)22(25)4-2-14-28-16-30/h5-12,21-22,29-30H,1-4,13-16H2. The van der Waals surface area contributed by atoms with Gasteiger partial charge >= 0.3 is 0 Å². The van der Waals surface area contributed by atoms with Crippen LogP contribution < -0.4 is 0 Å². The number of benzene rings is 2. The highest BCUT2D eigenvalue weighted by Gasteiger charge is 2.13. The van der Waals surface area contributed by atoms with Gasteiger partial charge in [-0.3, -0.25) is 4.79 Å². The lowest BCUT2D eigenvalue weighted by Crippen LogP contribution is -2.03. The van der Waals surface area contributed by atoms with Gasteiger partial charge in [0, 0.05) is 34.0 Å². The molecule has 0 aliphatic heterocycles. The quantitative estimate of drug-likeness (QED) is 0.0824. The molecule has 0 spiro atoms. The molecule has 0 aromatic heterocycles. The first-order valence-corrected chi connectivity index (χ1v) is 13.1. The summed E-state index contributed by atoms with van der Waals surface area (Å²) in [5.41, 5.74) is 3.72. The Labute approximate surface area is 207 Å². The van der Waals surface area contributed by atoms with Gasteiger partial charge in [-0.15, -0.1) is 0 Å². The van der Waals surface area contributed by atoms with Crippen molar-refractivity contribution in [2.75, 3.05) is 25.1 Å². The number of carbonyl (C=O) groups is 1. The van der Waals surface area contributed by atoms with E-state index in [-0.39, 0.29) is 15.4 Å². The number of halogens is 2. The van der Waals surface area contributed by atoms with Gasteiger partial charge in [-0.2, -0.15) is 25.3 Å². The van der Waals surface area contributed by atoms with E-state index in [9.17, 15) is 4.79 Å². The van der Waals surface area contributed by atoms with Crippen LogP contribution in [0.1, 0.15) is 62.4 Å². The van der Waals surface area contributed by atoms with Crippen molar-refractivity contribution in [3.05, 3.63) is 70.8 Å². The Balaban J connectivity index is 1.91. The maximum Gasteiger partial charge on any atom is 0.193 e. The van der Waals surface area contributed by atoms with Gasteiger partial charge in [0.1, 0.15) is 0 Å². The second-order valence-electron chi connectivity index (χ2n) is 6.87. The summed E-state index contributed by atoms with van der Waals surface area (Å²) >= 11 is 15.5. The Morgan fingerprint density at radius 1 is 0.733 bits per heavy atom. The molecule has 0 bridgehead atoms. The summed E-state index contributed by atoms with van der Waals surface area (Å²) in [6, 6.07) is 15.7. The molecule has 2 aromatic carbocycles. The summed E-state index contributed by atoms with van der Waals surface area (Å²) in [7, 11) is 0. The summed E-state index contributed by atoms with van der Waals surface area (Å²) in [6.07, 6.45) is 3.86. The second-order valence-corrected chi connectivity index (χ2v) is 9.59. The van der Waals surface area contributed by atoms with Crippen LogP contribution in [-0.2, 0) is 9.47 Å². The zero-order valence-electron chi connectivity index (χ0n) is 16.8. The van der Waals surface area contributed by atoms with E-state index in [1.54, 1.807) is 0 Å². The number of thiol groups is 2. The van der Waals surface area contributed by atoms with Crippen LogP contribution in [0.4, 0.5) is 0 Å². The Morgan fingerprint density at radius 2 is 1.10 bits per heavy atom. The van der Waals surface area contributed by atoms with Crippen LogP contribution in [0.5, 0.6) is 0 Å². The number of alkyl halides is 2. The minimum absolute atomic E-state index is 0.0368. The molecule has 0 heterocycles. The molecule has 0 amide bonds. The Hall–Kier alpha value is -0.310. The molecule has 2 aromatic rings. The van der Waals surface area contributed by atoms with Crippen molar-refractivity contribution in [2.24, 2.45) is 0 Å². The highest BCUT2D eigenvalue weighted by atomic mass is 79.9. The van der Waals surface area contributed by atoms with Gasteiger partial charge in [0.25, 0.3) is 0 Å². The van der Waals surface area contributed by atoms with E-state index >= 15 is 0 Å². The molecule has 0 fully saturated rings. The summed E-state index contributed by atoms with van der Waals surface area (Å²) < 4.78 is 10.5. The molecule has 2 atom stereocenters. The monoisotopic (exact) mass is 574 g/mol. The summed E-state index contributed by atoms with van der Waals surface area (Å²) in [5, 5.41) is 0.